The fourth-order valence-corrected chi connectivity index (χ4v) is 2.78. The smallest absolute Gasteiger partial charge is 0.226 e. The van der Waals surface area contributed by atoms with Crippen molar-refractivity contribution >= 4 is 16.9 Å². The second kappa shape index (κ2) is 6.84. The normalized spacial score (nSPS) is 11.0. The predicted octanol–water partition coefficient (Wildman–Crippen LogP) is 3.39. The number of carbonyl (C=O) groups is 1. The average Bonchev–Trinajstić information content (AvgIpc) is 3.24. The topological polar surface area (TPSA) is 83.8 Å². The first-order chi connectivity index (χ1) is 12.7. The number of aromatic amines is 1. The lowest BCUT2D eigenvalue weighted by atomic mass is 10.2. The van der Waals surface area contributed by atoms with Gasteiger partial charge >= 0.3 is 0 Å². The van der Waals surface area contributed by atoms with Crippen LogP contribution in [0.4, 0.5) is 0 Å². The maximum Gasteiger partial charge on any atom is 0.226 e. The minimum atomic E-state index is -0.124. The highest BCUT2D eigenvalue weighted by Crippen LogP contribution is 2.21. The summed E-state index contributed by atoms with van der Waals surface area (Å²) in [6.45, 7) is 2.16. The van der Waals surface area contributed by atoms with Gasteiger partial charge in [-0.1, -0.05) is 30.3 Å². The maximum absolute atomic E-state index is 12.3. The second-order valence-electron chi connectivity index (χ2n) is 6.04. The van der Waals surface area contributed by atoms with Crippen LogP contribution >= 0.6 is 0 Å². The zero-order valence-corrected chi connectivity index (χ0v) is 14.3. The molecule has 0 unspecified atom stereocenters. The number of hydrogen-bond donors (Lipinski definition) is 2. The SMILES string of the molecule is Cc1oc(-c2ccccc2)nc1CC(=O)NCc1nc2ccccc2[nH]1. The van der Waals surface area contributed by atoms with Crippen molar-refractivity contribution in [3.63, 3.8) is 0 Å². The summed E-state index contributed by atoms with van der Waals surface area (Å²) in [6.07, 6.45) is 0.169. The first-order valence-electron chi connectivity index (χ1n) is 8.41. The third-order valence-electron chi connectivity index (χ3n) is 4.13. The highest BCUT2D eigenvalue weighted by atomic mass is 16.4. The number of nitrogens with one attached hydrogen (secondary N) is 2. The molecule has 130 valence electrons. The third kappa shape index (κ3) is 3.35. The zero-order chi connectivity index (χ0) is 17.9. The summed E-state index contributed by atoms with van der Waals surface area (Å²) in [6, 6.07) is 17.4. The van der Waals surface area contributed by atoms with Gasteiger partial charge in [0.2, 0.25) is 11.8 Å². The lowest BCUT2D eigenvalue weighted by molar-refractivity contribution is -0.120. The number of benzene rings is 2. The third-order valence-corrected chi connectivity index (χ3v) is 4.13. The van der Waals surface area contributed by atoms with Gasteiger partial charge in [0, 0.05) is 5.56 Å². The Morgan fingerprint density at radius 1 is 1.08 bits per heavy atom. The summed E-state index contributed by atoms with van der Waals surface area (Å²) in [5.41, 5.74) is 3.38. The molecule has 6 heteroatoms. The van der Waals surface area contributed by atoms with Crippen molar-refractivity contribution in [3.8, 4) is 11.5 Å². The lowest BCUT2D eigenvalue weighted by Crippen LogP contribution is -2.25. The van der Waals surface area contributed by atoms with Crippen LogP contribution in [0.15, 0.2) is 59.0 Å². The zero-order valence-electron chi connectivity index (χ0n) is 14.3. The molecule has 2 heterocycles. The van der Waals surface area contributed by atoms with E-state index < -0.39 is 0 Å². The molecule has 0 spiro atoms. The van der Waals surface area contributed by atoms with Crippen molar-refractivity contribution in [1.29, 1.82) is 0 Å². The van der Waals surface area contributed by atoms with Crippen LogP contribution in [0.25, 0.3) is 22.5 Å². The number of para-hydroxylation sites is 2. The van der Waals surface area contributed by atoms with Crippen LogP contribution in [0.3, 0.4) is 0 Å². The number of oxazole rings is 1. The van der Waals surface area contributed by atoms with Crippen LogP contribution in [0.5, 0.6) is 0 Å². The number of carbonyl (C=O) groups excluding carboxylic acids is 1. The van der Waals surface area contributed by atoms with Crippen molar-refractivity contribution in [2.75, 3.05) is 0 Å². The highest BCUT2D eigenvalue weighted by molar-refractivity contribution is 5.79. The van der Waals surface area contributed by atoms with E-state index in [-0.39, 0.29) is 12.3 Å². The summed E-state index contributed by atoms with van der Waals surface area (Å²) in [7, 11) is 0. The first kappa shape index (κ1) is 16.1. The molecule has 0 fully saturated rings. The molecule has 4 aromatic rings. The van der Waals surface area contributed by atoms with Gasteiger partial charge in [-0.3, -0.25) is 4.79 Å². The van der Waals surface area contributed by atoms with Crippen molar-refractivity contribution in [2.45, 2.75) is 19.9 Å². The molecule has 0 saturated carbocycles. The Balaban J connectivity index is 1.41. The van der Waals surface area contributed by atoms with E-state index in [1.165, 1.54) is 0 Å². The molecule has 0 saturated heterocycles. The maximum atomic E-state index is 12.3. The molecule has 0 atom stereocenters. The van der Waals surface area contributed by atoms with Crippen LogP contribution in [0, 0.1) is 6.92 Å². The number of aromatic nitrogens is 3. The minimum absolute atomic E-state index is 0.124. The van der Waals surface area contributed by atoms with Gasteiger partial charge < -0.3 is 14.7 Å². The predicted molar refractivity (Wildman–Crippen MR) is 98.3 cm³/mol. The number of imidazole rings is 1. The van der Waals surface area contributed by atoms with E-state index in [2.05, 4.69) is 20.3 Å². The number of H-pyrrole nitrogens is 1. The number of fused-ring (bicyclic) bond motifs is 1. The Hall–Kier alpha value is -3.41. The van der Waals surface area contributed by atoms with Crippen LogP contribution in [-0.2, 0) is 17.8 Å². The standard InChI is InChI=1S/C20H18N4O2/c1-13-17(24-20(26-13)14-7-3-2-4-8-14)11-19(25)21-12-18-22-15-9-5-6-10-16(15)23-18/h2-10H,11-12H2,1H3,(H,21,25)(H,22,23). The molecule has 0 aliphatic rings. The summed E-state index contributed by atoms with van der Waals surface area (Å²) in [5.74, 6) is 1.79. The van der Waals surface area contributed by atoms with Crippen molar-refractivity contribution in [3.05, 3.63) is 71.9 Å². The van der Waals surface area contributed by atoms with E-state index in [4.69, 9.17) is 4.42 Å². The monoisotopic (exact) mass is 346 g/mol. The van der Waals surface area contributed by atoms with E-state index in [9.17, 15) is 4.79 Å². The van der Waals surface area contributed by atoms with Gasteiger partial charge in [0.25, 0.3) is 0 Å². The Morgan fingerprint density at radius 2 is 1.85 bits per heavy atom. The fourth-order valence-electron chi connectivity index (χ4n) is 2.78. The van der Waals surface area contributed by atoms with E-state index in [1.807, 2.05) is 61.5 Å². The van der Waals surface area contributed by atoms with E-state index in [1.54, 1.807) is 0 Å². The van der Waals surface area contributed by atoms with Gasteiger partial charge in [-0.15, -0.1) is 0 Å². The average molecular weight is 346 g/mol. The summed E-state index contributed by atoms with van der Waals surface area (Å²) >= 11 is 0. The molecule has 0 aliphatic heterocycles. The Bertz CT molecular complexity index is 1020. The molecule has 0 radical (unpaired) electrons. The molecular weight excluding hydrogens is 328 g/mol. The summed E-state index contributed by atoms with van der Waals surface area (Å²) in [5, 5.41) is 2.87. The van der Waals surface area contributed by atoms with Crippen LogP contribution < -0.4 is 5.32 Å². The molecule has 0 aliphatic carbocycles. The Labute approximate surface area is 150 Å². The van der Waals surface area contributed by atoms with Gasteiger partial charge in [0.15, 0.2) is 0 Å². The van der Waals surface area contributed by atoms with Crippen molar-refractivity contribution in [2.24, 2.45) is 0 Å². The molecule has 6 nitrogen and oxygen atoms in total. The molecular formula is C20H18N4O2. The molecule has 1 amide bonds. The first-order valence-corrected chi connectivity index (χ1v) is 8.41. The van der Waals surface area contributed by atoms with E-state index >= 15 is 0 Å². The minimum Gasteiger partial charge on any atom is -0.441 e. The van der Waals surface area contributed by atoms with Crippen LogP contribution in [0.1, 0.15) is 17.3 Å². The van der Waals surface area contributed by atoms with E-state index in [0.29, 0.717) is 23.9 Å². The van der Waals surface area contributed by atoms with E-state index in [0.717, 1.165) is 22.4 Å². The van der Waals surface area contributed by atoms with Crippen LogP contribution in [-0.4, -0.2) is 20.9 Å². The fraction of sp³-hybridized carbons (Fsp3) is 0.150. The number of rotatable bonds is 5. The molecule has 2 aromatic carbocycles. The highest BCUT2D eigenvalue weighted by Gasteiger charge is 2.15. The molecule has 26 heavy (non-hydrogen) atoms. The molecule has 2 aromatic heterocycles. The Morgan fingerprint density at radius 3 is 2.65 bits per heavy atom. The Kier molecular flexibility index (Phi) is 4.23. The van der Waals surface area contributed by atoms with Crippen LogP contribution in [0.2, 0.25) is 0 Å². The number of hydrogen-bond acceptors (Lipinski definition) is 4. The summed E-state index contributed by atoms with van der Waals surface area (Å²) in [4.78, 5) is 24.4. The van der Waals surface area contributed by atoms with Gasteiger partial charge in [0.1, 0.15) is 11.6 Å². The van der Waals surface area contributed by atoms with Crippen molar-refractivity contribution < 1.29 is 9.21 Å². The van der Waals surface area contributed by atoms with Gasteiger partial charge in [-0.05, 0) is 31.2 Å². The molecule has 4 rings (SSSR count). The largest absolute Gasteiger partial charge is 0.441 e. The molecule has 2 N–H and O–H groups in total. The quantitative estimate of drug-likeness (QED) is 0.580. The number of nitrogens with zero attached hydrogens (tertiary/aromatic N) is 2. The number of amides is 1. The van der Waals surface area contributed by atoms with Crippen molar-refractivity contribution in [1.82, 2.24) is 20.3 Å². The van der Waals surface area contributed by atoms with Gasteiger partial charge in [0.05, 0.1) is 29.7 Å². The van der Waals surface area contributed by atoms with Gasteiger partial charge in [-0.2, -0.15) is 0 Å². The summed E-state index contributed by atoms with van der Waals surface area (Å²) < 4.78 is 5.69. The number of aryl methyl sites for hydroxylation is 1. The van der Waals surface area contributed by atoms with Gasteiger partial charge in [-0.25, -0.2) is 9.97 Å². The second-order valence-corrected chi connectivity index (χ2v) is 6.04. The lowest BCUT2D eigenvalue weighted by Gasteiger charge is -2.01. The molecule has 0 bridgehead atoms.